The Hall–Kier alpha value is -3.62. The van der Waals surface area contributed by atoms with Gasteiger partial charge in [-0.25, -0.2) is 4.79 Å². The van der Waals surface area contributed by atoms with Crippen LogP contribution in [0.5, 0.6) is 5.75 Å². The van der Waals surface area contributed by atoms with E-state index in [-0.39, 0.29) is 36.8 Å². The molecule has 0 heterocycles. The summed E-state index contributed by atoms with van der Waals surface area (Å²) in [6.45, 7) is 3.86. The zero-order valence-electron chi connectivity index (χ0n) is 19.0. The smallest absolute Gasteiger partial charge is 0.338 e. The molecule has 0 fully saturated rings. The van der Waals surface area contributed by atoms with Gasteiger partial charge in [-0.2, -0.15) is 0 Å². The molecule has 35 heavy (non-hydrogen) atoms. The second-order valence-electron chi connectivity index (χ2n) is 7.23. The zero-order valence-corrected chi connectivity index (χ0v) is 20.5. The molecular formula is C25H22Cl2N2O6. The van der Waals surface area contributed by atoms with Gasteiger partial charge in [0.1, 0.15) is 0 Å². The van der Waals surface area contributed by atoms with Crippen molar-refractivity contribution in [3.8, 4) is 5.75 Å². The van der Waals surface area contributed by atoms with Gasteiger partial charge in [0, 0.05) is 32.9 Å². The number of halogens is 2. The second kappa shape index (κ2) is 11.7. The first-order valence-electron chi connectivity index (χ1n) is 10.7. The molecule has 0 radical (unpaired) electrons. The highest BCUT2D eigenvalue weighted by Crippen LogP contribution is 2.32. The molecule has 0 aliphatic heterocycles. The van der Waals surface area contributed by atoms with Crippen molar-refractivity contribution in [3.63, 3.8) is 0 Å². The Morgan fingerprint density at radius 3 is 2.14 bits per heavy atom. The van der Waals surface area contributed by atoms with Gasteiger partial charge < -0.3 is 14.4 Å². The Labute approximate surface area is 212 Å². The van der Waals surface area contributed by atoms with E-state index in [0.29, 0.717) is 26.9 Å². The van der Waals surface area contributed by atoms with Gasteiger partial charge in [0.2, 0.25) is 0 Å². The number of hydrogen-bond acceptors (Lipinski definition) is 6. The molecule has 8 nitrogen and oxygen atoms in total. The first kappa shape index (κ1) is 26.0. The summed E-state index contributed by atoms with van der Waals surface area (Å²) in [6.07, 6.45) is 0. The number of hydrogen-bond donors (Lipinski definition) is 0. The summed E-state index contributed by atoms with van der Waals surface area (Å²) in [5.41, 5.74) is 0.981. The molecule has 0 saturated carbocycles. The number of nitro groups is 1. The van der Waals surface area contributed by atoms with Crippen molar-refractivity contribution in [3.05, 3.63) is 97.5 Å². The third-order valence-electron chi connectivity index (χ3n) is 5.02. The van der Waals surface area contributed by atoms with Crippen molar-refractivity contribution < 1.29 is 24.0 Å². The monoisotopic (exact) mass is 516 g/mol. The van der Waals surface area contributed by atoms with E-state index >= 15 is 0 Å². The van der Waals surface area contributed by atoms with E-state index in [0.717, 1.165) is 0 Å². The van der Waals surface area contributed by atoms with E-state index in [4.69, 9.17) is 32.7 Å². The number of esters is 1. The minimum atomic E-state index is -0.606. The quantitative estimate of drug-likeness (QED) is 0.187. The van der Waals surface area contributed by atoms with Gasteiger partial charge in [-0.15, -0.1) is 0 Å². The van der Waals surface area contributed by atoms with Gasteiger partial charge in [-0.1, -0.05) is 29.3 Å². The SMILES string of the molecule is CCOC(=O)c1ccc(N(Cc2c(Cl)cccc2Cl)C(=O)c2ccc(OCC)c([N+](=O)[O-])c2)cc1. The average molecular weight is 517 g/mol. The standard InChI is InChI=1S/C25H22Cl2N2O6/c1-3-34-23-13-10-17(14-22(23)29(32)33)24(30)28(15-19-20(26)6-5-7-21(19)27)18-11-8-16(9-12-18)25(31)35-4-2/h5-14H,3-4,15H2,1-2H3. The molecule has 0 unspecified atom stereocenters. The minimum absolute atomic E-state index is 0.0168. The van der Waals surface area contributed by atoms with Gasteiger partial charge in [0.25, 0.3) is 5.91 Å². The predicted octanol–water partition coefficient (Wildman–Crippen LogP) is 6.32. The van der Waals surface area contributed by atoms with Crippen LogP contribution in [0.25, 0.3) is 0 Å². The molecule has 3 aromatic carbocycles. The number of anilines is 1. The summed E-state index contributed by atoms with van der Waals surface area (Å²) in [6, 6.07) is 15.2. The van der Waals surface area contributed by atoms with Crippen LogP contribution in [0.15, 0.2) is 60.7 Å². The van der Waals surface area contributed by atoms with Crippen LogP contribution >= 0.6 is 23.2 Å². The van der Waals surface area contributed by atoms with Gasteiger partial charge >= 0.3 is 11.7 Å². The lowest BCUT2D eigenvalue weighted by atomic mass is 10.1. The molecule has 0 aliphatic rings. The number of rotatable bonds is 9. The van der Waals surface area contributed by atoms with E-state index < -0.39 is 16.8 Å². The number of benzene rings is 3. The summed E-state index contributed by atoms with van der Waals surface area (Å²) in [5, 5.41) is 12.3. The molecule has 0 aromatic heterocycles. The Morgan fingerprint density at radius 1 is 0.943 bits per heavy atom. The van der Waals surface area contributed by atoms with Gasteiger partial charge in [0.05, 0.1) is 30.2 Å². The fourth-order valence-corrected chi connectivity index (χ4v) is 3.86. The molecule has 10 heteroatoms. The van der Waals surface area contributed by atoms with Crippen molar-refractivity contribution in [2.75, 3.05) is 18.1 Å². The largest absolute Gasteiger partial charge is 0.487 e. The lowest BCUT2D eigenvalue weighted by molar-refractivity contribution is -0.385. The van der Waals surface area contributed by atoms with Crippen LogP contribution in [0.3, 0.4) is 0 Å². The average Bonchev–Trinajstić information content (AvgIpc) is 2.84. The molecular weight excluding hydrogens is 495 g/mol. The maximum absolute atomic E-state index is 13.6. The lowest BCUT2D eigenvalue weighted by Gasteiger charge is -2.24. The summed E-state index contributed by atoms with van der Waals surface area (Å²) >= 11 is 12.7. The minimum Gasteiger partial charge on any atom is -0.487 e. The maximum Gasteiger partial charge on any atom is 0.338 e. The van der Waals surface area contributed by atoms with Crippen LogP contribution in [0.2, 0.25) is 10.0 Å². The third-order valence-corrected chi connectivity index (χ3v) is 5.72. The van der Waals surface area contributed by atoms with E-state index in [2.05, 4.69) is 0 Å². The molecule has 3 rings (SSSR count). The first-order valence-corrected chi connectivity index (χ1v) is 11.5. The van der Waals surface area contributed by atoms with Gasteiger partial charge in [0.15, 0.2) is 5.75 Å². The first-order chi connectivity index (χ1) is 16.8. The van der Waals surface area contributed by atoms with E-state index in [1.54, 1.807) is 44.2 Å². The molecule has 0 saturated heterocycles. The Bertz CT molecular complexity index is 1230. The molecule has 0 bridgehead atoms. The topological polar surface area (TPSA) is 99.0 Å². The number of nitrogens with zero attached hydrogens (tertiary/aromatic N) is 2. The lowest BCUT2D eigenvalue weighted by Crippen LogP contribution is -2.30. The molecule has 182 valence electrons. The summed E-state index contributed by atoms with van der Waals surface area (Å²) in [5.74, 6) is -0.960. The fraction of sp³-hybridized carbons (Fsp3) is 0.200. The van der Waals surface area contributed by atoms with Crippen molar-refractivity contribution >= 4 is 46.5 Å². The van der Waals surface area contributed by atoms with Crippen LogP contribution in [-0.2, 0) is 11.3 Å². The number of carbonyl (C=O) groups is 2. The second-order valence-corrected chi connectivity index (χ2v) is 8.05. The van der Waals surface area contributed by atoms with E-state index in [9.17, 15) is 19.7 Å². The number of ether oxygens (including phenoxy) is 2. The zero-order chi connectivity index (χ0) is 25.5. The highest BCUT2D eigenvalue weighted by Gasteiger charge is 2.25. The fourth-order valence-electron chi connectivity index (χ4n) is 3.34. The van der Waals surface area contributed by atoms with Crippen molar-refractivity contribution in [2.24, 2.45) is 0 Å². The third kappa shape index (κ3) is 6.09. The Kier molecular flexibility index (Phi) is 8.68. The van der Waals surface area contributed by atoms with E-state index in [1.807, 2.05) is 0 Å². The normalized spacial score (nSPS) is 10.5. The van der Waals surface area contributed by atoms with Crippen LogP contribution in [0.1, 0.15) is 40.1 Å². The molecule has 0 N–H and O–H groups in total. The molecule has 1 amide bonds. The predicted molar refractivity (Wildman–Crippen MR) is 134 cm³/mol. The van der Waals surface area contributed by atoms with Crippen LogP contribution in [0, 0.1) is 10.1 Å². The Balaban J connectivity index is 2.06. The summed E-state index contributed by atoms with van der Waals surface area (Å²) in [4.78, 5) is 38.0. The van der Waals surface area contributed by atoms with Crippen molar-refractivity contribution in [1.29, 1.82) is 0 Å². The number of nitro benzene ring substituents is 1. The highest BCUT2D eigenvalue weighted by atomic mass is 35.5. The van der Waals surface area contributed by atoms with Crippen LogP contribution in [-0.4, -0.2) is 30.0 Å². The molecule has 0 atom stereocenters. The number of carbonyl (C=O) groups excluding carboxylic acids is 2. The van der Waals surface area contributed by atoms with Crippen LogP contribution in [0.4, 0.5) is 11.4 Å². The summed E-state index contributed by atoms with van der Waals surface area (Å²) in [7, 11) is 0. The highest BCUT2D eigenvalue weighted by molar-refractivity contribution is 6.36. The van der Waals surface area contributed by atoms with Gasteiger partial charge in [-0.3, -0.25) is 14.9 Å². The maximum atomic E-state index is 13.6. The van der Waals surface area contributed by atoms with Gasteiger partial charge in [-0.05, 0) is 62.4 Å². The van der Waals surface area contributed by atoms with E-state index in [1.165, 1.54) is 35.2 Å². The Morgan fingerprint density at radius 2 is 1.57 bits per heavy atom. The van der Waals surface area contributed by atoms with Crippen molar-refractivity contribution in [1.82, 2.24) is 0 Å². The molecule has 0 aliphatic carbocycles. The summed E-state index contributed by atoms with van der Waals surface area (Å²) < 4.78 is 10.3. The van der Waals surface area contributed by atoms with Crippen LogP contribution < -0.4 is 9.64 Å². The number of amides is 1. The van der Waals surface area contributed by atoms with Crippen molar-refractivity contribution in [2.45, 2.75) is 20.4 Å². The molecule has 0 spiro atoms. The molecule has 3 aromatic rings.